The fourth-order valence-electron chi connectivity index (χ4n) is 2.41. The first-order chi connectivity index (χ1) is 8.31. The normalized spacial score (nSPS) is 18.5. The number of likely N-dealkylation sites (N-methyl/N-ethyl adjacent to an activating group) is 1. The molecule has 0 aromatic carbocycles. The highest BCUT2D eigenvalue weighted by molar-refractivity contribution is 4.92. The first-order valence-electron chi connectivity index (χ1n) is 6.47. The summed E-state index contributed by atoms with van der Waals surface area (Å²) in [5.41, 5.74) is 0. The maximum Gasteiger partial charge on any atom is 0.0601 e. The SMILES string of the molecule is C#CCN(CCNC)C1CCN(CCO)CC1. The Morgan fingerprint density at radius 1 is 1.47 bits per heavy atom. The molecule has 0 aromatic rings. The van der Waals surface area contributed by atoms with Crippen molar-refractivity contribution in [2.24, 2.45) is 0 Å². The molecule has 0 aliphatic carbocycles. The molecule has 4 nitrogen and oxygen atoms in total. The molecule has 0 spiro atoms. The molecule has 1 saturated heterocycles. The second-order valence-electron chi connectivity index (χ2n) is 4.57. The minimum Gasteiger partial charge on any atom is -0.395 e. The van der Waals surface area contributed by atoms with Crippen LogP contribution in [0.5, 0.6) is 0 Å². The van der Waals surface area contributed by atoms with Crippen LogP contribution >= 0.6 is 0 Å². The Morgan fingerprint density at radius 3 is 2.71 bits per heavy atom. The summed E-state index contributed by atoms with van der Waals surface area (Å²) in [6, 6.07) is 0.606. The molecule has 0 bridgehead atoms. The lowest BCUT2D eigenvalue weighted by Crippen LogP contribution is -2.47. The van der Waals surface area contributed by atoms with Crippen molar-refractivity contribution in [2.45, 2.75) is 18.9 Å². The van der Waals surface area contributed by atoms with Gasteiger partial charge >= 0.3 is 0 Å². The van der Waals surface area contributed by atoms with E-state index in [0.29, 0.717) is 6.04 Å². The Labute approximate surface area is 105 Å². The summed E-state index contributed by atoms with van der Waals surface area (Å²) in [6.45, 7) is 5.96. The third-order valence-electron chi connectivity index (χ3n) is 3.43. The van der Waals surface area contributed by atoms with Crippen LogP contribution < -0.4 is 5.32 Å². The second kappa shape index (κ2) is 8.48. The summed E-state index contributed by atoms with van der Waals surface area (Å²) in [4.78, 5) is 4.72. The zero-order valence-electron chi connectivity index (χ0n) is 10.9. The van der Waals surface area contributed by atoms with Gasteiger partial charge in [-0.05, 0) is 33.0 Å². The van der Waals surface area contributed by atoms with Gasteiger partial charge in [0, 0.05) is 25.7 Å². The lowest BCUT2D eigenvalue weighted by atomic mass is 10.0. The van der Waals surface area contributed by atoms with Crippen molar-refractivity contribution in [2.75, 3.05) is 52.9 Å². The number of likely N-dealkylation sites (tertiary alicyclic amines) is 1. The van der Waals surface area contributed by atoms with Crippen LogP contribution in [-0.4, -0.2) is 73.9 Å². The zero-order valence-corrected chi connectivity index (χ0v) is 10.9. The van der Waals surface area contributed by atoms with E-state index in [1.54, 1.807) is 0 Å². The van der Waals surface area contributed by atoms with Crippen LogP contribution in [0.3, 0.4) is 0 Å². The van der Waals surface area contributed by atoms with Crippen LogP contribution in [0.1, 0.15) is 12.8 Å². The van der Waals surface area contributed by atoms with E-state index in [-0.39, 0.29) is 6.61 Å². The van der Waals surface area contributed by atoms with E-state index in [1.807, 2.05) is 7.05 Å². The molecule has 2 N–H and O–H groups in total. The third kappa shape index (κ3) is 5.05. The van der Waals surface area contributed by atoms with Crippen molar-refractivity contribution in [3.63, 3.8) is 0 Å². The van der Waals surface area contributed by atoms with E-state index < -0.39 is 0 Å². The predicted octanol–water partition coefficient (Wildman–Crippen LogP) is -0.402. The average molecular weight is 239 g/mol. The van der Waals surface area contributed by atoms with Gasteiger partial charge in [-0.15, -0.1) is 6.42 Å². The molecule has 17 heavy (non-hydrogen) atoms. The van der Waals surface area contributed by atoms with Gasteiger partial charge < -0.3 is 15.3 Å². The highest BCUT2D eigenvalue weighted by atomic mass is 16.3. The van der Waals surface area contributed by atoms with E-state index >= 15 is 0 Å². The number of piperidine rings is 1. The molecule has 0 aromatic heterocycles. The maximum atomic E-state index is 8.91. The molecule has 98 valence electrons. The average Bonchev–Trinajstić information content (AvgIpc) is 2.36. The molecule has 1 aliphatic rings. The minimum absolute atomic E-state index is 0.262. The van der Waals surface area contributed by atoms with Crippen molar-refractivity contribution in [3.8, 4) is 12.3 Å². The third-order valence-corrected chi connectivity index (χ3v) is 3.43. The highest BCUT2D eigenvalue weighted by Gasteiger charge is 2.23. The van der Waals surface area contributed by atoms with E-state index in [0.717, 1.165) is 52.1 Å². The number of rotatable bonds is 7. The van der Waals surface area contributed by atoms with Crippen molar-refractivity contribution < 1.29 is 5.11 Å². The predicted molar refractivity (Wildman–Crippen MR) is 70.9 cm³/mol. The van der Waals surface area contributed by atoms with Crippen LogP contribution in [0.2, 0.25) is 0 Å². The van der Waals surface area contributed by atoms with Crippen molar-refractivity contribution in [1.29, 1.82) is 0 Å². The largest absolute Gasteiger partial charge is 0.395 e. The molecule has 0 atom stereocenters. The van der Waals surface area contributed by atoms with Gasteiger partial charge in [0.2, 0.25) is 0 Å². The molecule has 0 radical (unpaired) electrons. The number of hydrogen-bond acceptors (Lipinski definition) is 4. The molecule has 0 saturated carbocycles. The highest BCUT2D eigenvalue weighted by Crippen LogP contribution is 2.15. The summed E-state index contributed by atoms with van der Waals surface area (Å²) in [5, 5.41) is 12.1. The second-order valence-corrected chi connectivity index (χ2v) is 4.57. The van der Waals surface area contributed by atoms with E-state index in [1.165, 1.54) is 0 Å². The number of nitrogens with one attached hydrogen (secondary N) is 1. The van der Waals surface area contributed by atoms with Crippen molar-refractivity contribution >= 4 is 0 Å². The van der Waals surface area contributed by atoms with Crippen LogP contribution in [0.4, 0.5) is 0 Å². The Kier molecular flexibility index (Phi) is 7.22. The number of β-amino-alcohol motifs (C(OH)–C–C–N with tert-alkyl or cyclic N) is 1. The standard InChI is InChI=1S/C13H25N3O/c1-3-7-16(10-6-14-2)13-4-8-15(9-5-13)11-12-17/h1,13-14,17H,4-12H2,2H3. The summed E-state index contributed by atoms with van der Waals surface area (Å²) in [7, 11) is 1.97. The Balaban J connectivity index is 2.35. The number of nitrogens with zero attached hydrogens (tertiary/aromatic N) is 2. The van der Waals surface area contributed by atoms with Gasteiger partial charge in [-0.1, -0.05) is 5.92 Å². The number of terminal acetylenes is 1. The summed E-state index contributed by atoms with van der Waals surface area (Å²) < 4.78 is 0. The lowest BCUT2D eigenvalue weighted by Gasteiger charge is -2.37. The summed E-state index contributed by atoms with van der Waals surface area (Å²) in [6.07, 6.45) is 7.74. The molecule has 1 fully saturated rings. The van der Waals surface area contributed by atoms with Crippen LogP contribution in [-0.2, 0) is 0 Å². The smallest absolute Gasteiger partial charge is 0.0601 e. The quantitative estimate of drug-likeness (QED) is 0.593. The van der Waals surface area contributed by atoms with Crippen LogP contribution in [0.25, 0.3) is 0 Å². The zero-order chi connectivity index (χ0) is 12.5. The van der Waals surface area contributed by atoms with Gasteiger partial charge in [0.05, 0.1) is 13.2 Å². The van der Waals surface area contributed by atoms with Gasteiger partial charge in [-0.2, -0.15) is 0 Å². The first-order valence-corrected chi connectivity index (χ1v) is 6.47. The van der Waals surface area contributed by atoms with Gasteiger partial charge in [-0.25, -0.2) is 0 Å². The van der Waals surface area contributed by atoms with Gasteiger partial charge in [0.25, 0.3) is 0 Å². The van der Waals surface area contributed by atoms with Crippen LogP contribution in [0, 0.1) is 12.3 Å². The van der Waals surface area contributed by atoms with Gasteiger partial charge in [-0.3, -0.25) is 4.90 Å². The van der Waals surface area contributed by atoms with Crippen LogP contribution in [0.15, 0.2) is 0 Å². The number of aliphatic hydroxyl groups is 1. The minimum atomic E-state index is 0.262. The van der Waals surface area contributed by atoms with Gasteiger partial charge in [0.1, 0.15) is 0 Å². The monoisotopic (exact) mass is 239 g/mol. The molecule has 1 rings (SSSR count). The number of hydrogen-bond donors (Lipinski definition) is 2. The molecular formula is C13H25N3O. The molecule has 1 aliphatic heterocycles. The molecule has 1 heterocycles. The molecule has 0 unspecified atom stereocenters. The topological polar surface area (TPSA) is 38.7 Å². The van der Waals surface area contributed by atoms with E-state index in [9.17, 15) is 0 Å². The number of aliphatic hydroxyl groups excluding tert-OH is 1. The van der Waals surface area contributed by atoms with E-state index in [4.69, 9.17) is 11.5 Å². The van der Waals surface area contributed by atoms with Gasteiger partial charge in [0.15, 0.2) is 0 Å². The van der Waals surface area contributed by atoms with E-state index in [2.05, 4.69) is 21.0 Å². The van der Waals surface area contributed by atoms with Crippen molar-refractivity contribution in [1.82, 2.24) is 15.1 Å². The summed E-state index contributed by atoms with van der Waals surface area (Å²) >= 11 is 0. The Bertz CT molecular complexity index is 231. The Morgan fingerprint density at radius 2 is 2.18 bits per heavy atom. The molecule has 0 amide bonds. The Hall–Kier alpha value is -0.600. The summed E-state index contributed by atoms with van der Waals surface area (Å²) in [5.74, 6) is 2.75. The maximum absolute atomic E-state index is 8.91. The first kappa shape index (κ1) is 14.5. The fraction of sp³-hybridized carbons (Fsp3) is 0.846. The fourth-order valence-corrected chi connectivity index (χ4v) is 2.41. The lowest BCUT2D eigenvalue weighted by molar-refractivity contribution is 0.105. The molecule has 4 heteroatoms. The van der Waals surface area contributed by atoms with Crippen molar-refractivity contribution in [3.05, 3.63) is 0 Å². The molecular weight excluding hydrogens is 214 g/mol.